The topological polar surface area (TPSA) is 183 Å². The van der Waals surface area contributed by atoms with Gasteiger partial charge < -0.3 is 39.8 Å². The van der Waals surface area contributed by atoms with Crippen LogP contribution in [0.5, 0.6) is 11.5 Å². The summed E-state index contributed by atoms with van der Waals surface area (Å²) in [5.74, 6) is -7.39. The molecule has 14 nitrogen and oxygen atoms in total. The first-order valence-corrected chi connectivity index (χ1v) is 20.8. The highest BCUT2D eigenvalue weighted by molar-refractivity contribution is 6.00. The molecule has 0 unspecified atom stereocenters. The van der Waals surface area contributed by atoms with Gasteiger partial charge in [-0.05, 0) is 47.2 Å². The van der Waals surface area contributed by atoms with Crippen molar-refractivity contribution in [2.45, 2.75) is 38.0 Å². The van der Waals surface area contributed by atoms with Crippen LogP contribution < -0.4 is 21.5 Å². The van der Waals surface area contributed by atoms with Crippen molar-refractivity contribution in [1.82, 2.24) is 29.6 Å². The molecule has 4 bridgehead atoms. The Morgan fingerprint density at radius 1 is 0.576 bits per heavy atom. The molecule has 66 heavy (non-hydrogen) atoms. The molecule has 0 saturated heterocycles. The maximum atomic E-state index is 13.9. The van der Waals surface area contributed by atoms with Crippen molar-refractivity contribution in [2.24, 2.45) is 0 Å². The quantitative estimate of drug-likeness (QED) is 0.173. The van der Waals surface area contributed by atoms with Crippen LogP contribution in [0.15, 0.2) is 107 Å². The Morgan fingerprint density at radius 2 is 0.970 bits per heavy atom. The number of rotatable bonds is 6. The summed E-state index contributed by atoms with van der Waals surface area (Å²) in [6, 6.07) is 20.5. The number of pyridine rings is 2. The van der Waals surface area contributed by atoms with Crippen molar-refractivity contribution >= 4 is 23.6 Å². The van der Waals surface area contributed by atoms with Gasteiger partial charge in [-0.15, -0.1) is 0 Å². The summed E-state index contributed by atoms with van der Waals surface area (Å²) in [4.78, 5) is 80.3. The number of hydrogen-bond acceptors (Lipinski definition) is 8. The minimum atomic E-state index is -0.986. The molecule has 0 saturated carbocycles. The largest absolute Gasteiger partial charge is 0.503 e. The molecule has 2 aromatic heterocycles. The molecule has 0 spiro atoms. The van der Waals surface area contributed by atoms with Gasteiger partial charge in [-0.3, -0.25) is 28.8 Å². The van der Waals surface area contributed by atoms with Gasteiger partial charge in [0, 0.05) is 74.9 Å². The second-order valence-corrected chi connectivity index (χ2v) is 16.2. The zero-order valence-electron chi connectivity index (χ0n) is 34.7. The lowest BCUT2D eigenvalue weighted by Gasteiger charge is -2.35. The number of halogens is 4. The Hall–Kier alpha value is -8.02. The van der Waals surface area contributed by atoms with Gasteiger partial charge in [0.2, 0.25) is 10.9 Å². The van der Waals surface area contributed by atoms with E-state index in [2.05, 4.69) is 10.6 Å². The van der Waals surface area contributed by atoms with Crippen molar-refractivity contribution in [3.05, 3.63) is 197 Å². The fourth-order valence-electron chi connectivity index (χ4n) is 8.97. The first kappa shape index (κ1) is 43.2. The van der Waals surface area contributed by atoms with Gasteiger partial charge in [0.05, 0.1) is 12.1 Å². The predicted molar refractivity (Wildman–Crippen MR) is 228 cm³/mol. The Bertz CT molecular complexity index is 2950. The van der Waals surface area contributed by atoms with Crippen molar-refractivity contribution in [2.75, 3.05) is 26.2 Å². The van der Waals surface area contributed by atoms with Gasteiger partial charge in [0.25, 0.3) is 23.6 Å². The molecule has 2 atom stereocenters. The maximum Gasteiger partial charge on any atom is 0.274 e. The zero-order valence-corrected chi connectivity index (χ0v) is 34.7. The Kier molecular flexibility index (Phi) is 11.2. The second-order valence-electron chi connectivity index (χ2n) is 16.2. The van der Waals surface area contributed by atoms with Crippen LogP contribution in [-0.4, -0.2) is 79.0 Å². The molecular weight excluding hydrogens is 865 g/mol. The van der Waals surface area contributed by atoms with Crippen LogP contribution in [0.1, 0.15) is 87.2 Å². The van der Waals surface area contributed by atoms with Gasteiger partial charge >= 0.3 is 0 Å². The highest BCUT2D eigenvalue weighted by Gasteiger charge is 2.40. The molecule has 336 valence electrons. The van der Waals surface area contributed by atoms with E-state index >= 15 is 0 Å². The number of nitrogens with one attached hydrogen (secondary N) is 2. The predicted octanol–water partition coefficient (Wildman–Crippen LogP) is 4.73. The van der Waals surface area contributed by atoms with Crippen LogP contribution in [0.2, 0.25) is 0 Å². The lowest BCUT2D eigenvalue weighted by atomic mass is 9.97. The Labute approximate surface area is 372 Å². The smallest absolute Gasteiger partial charge is 0.274 e. The molecule has 6 aromatic rings. The lowest BCUT2D eigenvalue weighted by Crippen LogP contribution is -2.45. The minimum absolute atomic E-state index is 0.0375. The Morgan fingerprint density at radius 3 is 1.36 bits per heavy atom. The van der Waals surface area contributed by atoms with E-state index in [0.29, 0.717) is 51.2 Å². The standard InChI is InChI=1S/2C24H19F2N3O4/c2*25-15-6-5-14(18(26)9-15)10-27-23(32)17-11-29-19-12-28(24(33)20(29)22(31)21(17)30)8-7-13-3-1-2-4-16(13)19/h2*1-6,9,11,19,31H,7-8,10,12H2,(H,27,32)/t2*19-/m10/s1. The summed E-state index contributed by atoms with van der Waals surface area (Å²) in [6.07, 6.45) is 3.81. The van der Waals surface area contributed by atoms with Crippen molar-refractivity contribution in [3.8, 4) is 11.5 Å². The molecule has 4 amide bonds. The number of amides is 4. The fourth-order valence-corrected chi connectivity index (χ4v) is 8.97. The third kappa shape index (κ3) is 7.73. The molecule has 4 N–H and O–H groups in total. The molecule has 6 heterocycles. The van der Waals surface area contributed by atoms with Crippen LogP contribution >= 0.6 is 0 Å². The van der Waals surface area contributed by atoms with E-state index < -0.39 is 69.3 Å². The fraction of sp³-hybridized carbons (Fsp3) is 0.208. The van der Waals surface area contributed by atoms with Crippen LogP contribution in [0.3, 0.4) is 0 Å². The summed E-state index contributed by atoms with van der Waals surface area (Å²) < 4.78 is 57.0. The van der Waals surface area contributed by atoms with Gasteiger partial charge in [0.15, 0.2) is 22.9 Å². The van der Waals surface area contributed by atoms with E-state index in [1.807, 2.05) is 48.5 Å². The molecule has 4 aromatic carbocycles. The number of aromatic hydroxyl groups is 2. The first-order chi connectivity index (χ1) is 31.7. The van der Waals surface area contributed by atoms with Gasteiger partial charge in [-0.25, -0.2) is 17.6 Å². The molecule has 10 rings (SSSR count). The summed E-state index contributed by atoms with van der Waals surface area (Å²) in [6.45, 7) is 1.01. The molecule has 0 aliphatic carbocycles. The SMILES string of the molecule is O=C(NCc1ccc(F)cc1F)c1cn2c(c(O)c1=O)C(=O)N1CCc3ccccc3[C@@H]2C1.O=C(NCc1ccc(F)cc1F)c1cn2c(c(O)c1=O)C(=O)N1CCc3ccccc3[C@H]2C1. The van der Waals surface area contributed by atoms with E-state index in [1.165, 1.54) is 33.7 Å². The average molecular weight is 903 g/mol. The number of carbonyl (C=O) groups is 4. The van der Waals surface area contributed by atoms with Gasteiger partial charge in [0.1, 0.15) is 34.4 Å². The van der Waals surface area contributed by atoms with Gasteiger partial charge in [-0.2, -0.15) is 0 Å². The highest BCUT2D eigenvalue weighted by atomic mass is 19.1. The van der Waals surface area contributed by atoms with Crippen molar-refractivity contribution < 1.29 is 47.0 Å². The van der Waals surface area contributed by atoms with Crippen molar-refractivity contribution in [3.63, 3.8) is 0 Å². The number of nitrogens with zero attached hydrogens (tertiary/aromatic N) is 4. The third-order valence-corrected chi connectivity index (χ3v) is 12.4. The first-order valence-electron chi connectivity index (χ1n) is 20.8. The van der Waals surface area contributed by atoms with E-state index in [-0.39, 0.29) is 58.8 Å². The van der Waals surface area contributed by atoms with E-state index in [1.54, 1.807) is 9.80 Å². The van der Waals surface area contributed by atoms with Crippen LogP contribution in [0.25, 0.3) is 0 Å². The maximum absolute atomic E-state index is 13.9. The summed E-state index contributed by atoms with van der Waals surface area (Å²) in [5, 5.41) is 26.1. The monoisotopic (exact) mass is 902 g/mol. The van der Waals surface area contributed by atoms with Crippen molar-refractivity contribution in [1.29, 1.82) is 0 Å². The minimum Gasteiger partial charge on any atom is -0.503 e. The Balaban J connectivity index is 0.000000166. The number of fused-ring (bicyclic) bond motifs is 12. The van der Waals surface area contributed by atoms with E-state index in [0.717, 1.165) is 34.4 Å². The number of benzene rings is 4. The van der Waals surface area contributed by atoms with Crippen LogP contribution in [0, 0.1) is 23.3 Å². The summed E-state index contributed by atoms with van der Waals surface area (Å²) >= 11 is 0. The third-order valence-electron chi connectivity index (χ3n) is 12.4. The zero-order chi connectivity index (χ0) is 46.6. The lowest BCUT2D eigenvalue weighted by molar-refractivity contribution is 0.0679. The molecule has 4 aliphatic heterocycles. The average Bonchev–Trinajstić information content (AvgIpc) is 3.59. The normalized spacial score (nSPS) is 16.6. The molecule has 4 aliphatic rings. The number of aromatic nitrogens is 2. The van der Waals surface area contributed by atoms with Crippen LogP contribution in [0.4, 0.5) is 17.6 Å². The highest BCUT2D eigenvalue weighted by Crippen LogP contribution is 2.36. The summed E-state index contributed by atoms with van der Waals surface area (Å²) in [7, 11) is 0. The van der Waals surface area contributed by atoms with E-state index in [4.69, 9.17) is 0 Å². The van der Waals surface area contributed by atoms with E-state index in [9.17, 15) is 56.5 Å². The summed E-state index contributed by atoms with van der Waals surface area (Å²) in [5.41, 5.74) is 1.01. The molecular formula is C48H38F4N6O8. The number of hydrogen-bond donors (Lipinski definition) is 4. The number of carbonyl (C=O) groups excluding carboxylic acids is 4. The van der Waals surface area contributed by atoms with Gasteiger partial charge in [-0.1, -0.05) is 60.7 Å². The van der Waals surface area contributed by atoms with Crippen LogP contribution in [-0.2, 0) is 25.9 Å². The molecule has 0 fully saturated rings. The second kappa shape index (κ2) is 17.2. The molecule has 0 radical (unpaired) electrons. The molecule has 18 heteroatoms.